The van der Waals surface area contributed by atoms with Gasteiger partial charge in [-0.15, -0.1) is 22.7 Å². The molecule has 0 bridgehead atoms. The van der Waals surface area contributed by atoms with Gasteiger partial charge < -0.3 is 5.32 Å². The van der Waals surface area contributed by atoms with Gasteiger partial charge in [0.05, 0.1) is 6.04 Å². The second-order valence-electron chi connectivity index (χ2n) is 5.86. The van der Waals surface area contributed by atoms with E-state index in [-0.39, 0.29) is 0 Å². The molecule has 1 unspecified atom stereocenters. The van der Waals surface area contributed by atoms with Crippen LogP contribution in [0.3, 0.4) is 0 Å². The Morgan fingerprint density at radius 1 is 1.05 bits per heavy atom. The highest BCUT2D eigenvalue weighted by Gasteiger charge is 2.15. The zero-order valence-corrected chi connectivity index (χ0v) is 14.4. The second kappa shape index (κ2) is 6.30. The lowest BCUT2D eigenvalue weighted by Crippen LogP contribution is -2.16. The maximum Gasteiger partial charge on any atom is 0.0669 e. The highest BCUT2D eigenvalue weighted by molar-refractivity contribution is 7.27. The van der Waals surface area contributed by atoms with Crippen LogP contribution >= 0.6 is 22.7 Å². The van der Waals surface area contributed by atoms with Gasteiger partial charge in [0.1, 0.15) is 0 Å². The van der Waals surface area contributed by atoms with E-state index in [1.54, 1.807) is 0 Å². The molecule has 0 aliphatic rings. The van der Waals surface area contributed by atoms with Crippen molar-refractivity contribution in [1.29, 1.82) is 0 Å². The summed E-state index contributed by atoms with van der Waals surface area (Å²) < 4.78 is 2.79. The molecule has 0 spiro atoms. The highest BCUT2D eigenvalue weighted by Crippen LogP contribution is 2.35. The van der Waals surface area contributed by atoms with Gasteiger partial charge in [-0.2, -0.15) is 0 Å². The lowest BCUT2D eigenvalue weighted by atomic mass is 9.99. The highest BCUT2D eigenvalue weighted by atomic mass is 32.1. The minimum Gasteiger partial charge on any atom is -0.309 e. The molecule has 1 aromatic carbocycles. The molecule has 0 saturated heterocycles. The van der Waals surface area contributed by atoms with E-state index < -0.39 is 0 Å². The zero-order valence-electron chi connectivity index (χ0n) is 12.7. The molecule has 0 radical (unpaired) electrons. The lowest BCUT2D eigenvalue weighted by molar-refractivity contribution is 0.646. The van der Waals surface area contributed by atoms with Crippen molar-refractivity contribution in [1.82, 2.24) is 5.32 Å². The van der Waals surface area contributed by atoms with E-state index in [4.69, 9.17) is 0 Å². The van der Waals surface area contributed by atoms with E-state index in [1.807, 2.05) is 29.7 Å². The quantitative estimate of drug-likeness (QED) is 0.658. The van der Waals surface area contributed by atoms with Crippen LogP contribution in [0.2, 0.25) is 0 Å². The Morgan fingerprint density at radius 3 is 2.43 bits per heavy atom. The first-order valence-corrected chi connectivity index (χ1v) is 9.10. The predicted molar refractivity (Wildman–Crippen MR) is 95.6 cm³/mol. The van der Waals surface area contributed by atoms with Crippen LogP contribution in [0.15, 0.2) is 41.8 Å². The Bertz CT molecular complexity index is 678. The van der Waals surface area contributed by atoms with Crippen molar-refractivity contribution in [2.24, 2.45) is 5.92 Å². The minimum atomic E-state index is 0.294. The van der Waals surface area contributed by atoms with Gasteiger partial charge in [-0.05, 0) is 48.0 Å². The molecule has 2 heterocycles. The summed E-state index contributed by atoms with van der Waals surface area (Å²) in [6.07, 6.45) is 1.15. The summed E-state index contributed by atoms with van der Waals surface area (Å²) in [6, 6.07) is 13.9. The smallest absolute Gasteiger partial charge is 0.0669 e. The third-order valence-corrected chi connectivity index (χ3v) is 5.85. The molecular weight excluding hydrogens is 294 g/mol. The standard InChI is InChI=1S/C18H21NS2/c1-12(2)10-13-4-6-14(7-5-13)18(19-3)17-11-16-15(21-17)8-9-20-16/h4-9,11-12,18-19H,10H2,1-3H3. The van der Waals surface area contributed by atoms with E-state index in [1.165, 1.54) is 25.4 Å². The van der Waals surface area contributed by atoms with Crippen molar-refractivity contribution in [3.05, 3.63) is 57.8 Å². The largest absolute Gasteiger partial charge is 0.309 e. The summed E-state index contributed by atoms with van der Waals surface area (Å²) >= 11 is 3.72. The van der Waals surface area contributed by atoms with Crippen molar-refractivity contribution < 1.29 is 0 Å². The molecule has 3 aromatic rings. The summed E-state index contributed by atoms with van der Waals surface area (Å²) in [4.78, 5) is 1.40. The fourth-order valence-corrected chi connectivity index (χ4v) is 4.98. The van der Waals surface area contributed by atoms with Crippen molar-refractivity contribution in [2.75, 3.05) is 7.05 Å². The number of fused-ring (bicyclic) bond motifs is 1. The molecular formula is C18H21NS2. The molecule has 3 heteroatoms. The topological polar surface area (TPSA) is 12.0 Å². The number of rotatable bonds is 5. The van der Waals surface area contributed by atoms with Gasteiger partial charge in [-0.3, -0.25) is 0 Å². The summed E-state index contributed by atoms with van der Waals surface area (Å²) in [6.45, 7) is 4.53. The van der Waals surface area contributed by atoms with Gasteiger partial charge in [0.15, 0.2) is 0 Å². The zero-order chi connectivity index (χ0) is 14.8. The monoisotopic (exact) mass is 315 g/mol. The lowest BCUT2D eigenvalue weighted by Gasteiger charge is -2.16. The van der Waals surface area contributed by atoms with Crippen LogP contribution in [0.4, 0.5) is 0 Å². The first kappa shape index (κ1) is 14.8. The molecule has 1 nitrogen and oxygen atoms in total. The molecule has 110 valence electrons. The molecule has 0 fully saturated rings. The van der Waals surface area contributed by atoms with E-state index in [0.29, 0.717) is 12.0 Å². The number of hydrogen-bond acceptors (Lipinski definition) is 3. The second-order valence-corrected chi connectivity index (χ2v) is 7.92. The van der Waals surface area contributed by atoms with Crippen LogP contribution in [0.1, 0.15) is 35.9 Å². The first-order valence-electron chi connectivity index (χ1n) is 7.40. The fraction of sp³-hybridized carbons (Fsp3) is 0.333. The van der Waals surface area contributed by atoms with Crippen LogP contribution in [-0.4, -0.2) is 7.05 Å². The van der Waals surface area contributed by atoms with Crippen molar-refractivity contribution in [3.63, 3.8) is 0 Å². The molecule has 0 aliphatic heterocycles. The molecule has 0 saturated carbocycles. The Hall–Kier alpha value is -1.16. The summed E-state index contributed by atoms with van der Waals surface area (Å²) in [7, 11) is 2.04. The number of thiophene rings is 2. The van der Waals surface area contributed by atoms with Gasteiger partial charge >= 0.3 is 0 Å². The van der Waals surface area contributed by atoms with Gasteiger partial charge in [0.25, 0.3) is 0 Å². The Balaban J connectivity index is 1.87. The maximum absolute atomic E-state index is 3.46. The molecule has 3 rings (SSSR count). The third kappa shape index (κ3) is 3.20. The average molecular weight is 316 g/mol. The first-order chi connectivity index (χ1) is 10.2. The maximum atomic E-state index is 3.46. The summed E-state index contributed by atoms with van der Waals surface area (Å²) in [5.74, 6) is 0.708. The molecule has 1 N–H and O–H groups in total. The van der Waals surface area contributed by atoms with Crippen LogP contribution in [0.5, 0.6) is 0 Å². The van der Waals surface area contributed by atoms with Crippen LogP contribution in [-0.2, 0) is 6.42 Å². The molecule has 2 aromatic heterocycles. The van der Waals surface area contributed by atoms with E-state index in [9.17, 15) is 0 Å². The fourth-order valence-electron chi connectivity index (χ4n) is 2.72. The normalized spacial score (nSPS) is 13.1. The predicted octanol–water partition coefficient (Wildman–Crippen LogP) is 5.47. The third-order valence-electron chi connectivity index (χ3n) is 3.69. The minimum absolute atomic E-state index is 0.294. The molecule has 0 amide bonds. The van der Waals surface area contributed by atoms with Gasteiger partial charge in [0, 0.05) is 14.3 Å². The van der Waals surface area contributed by atoms with Crippen molar-refractivity contribution in [2.45, 2.75) is 26.3 Å². The van der Waals surface area contributed by atoms with E-state index in [0.717, 1.165) is 6.42 Å². The van der Waals surface area contributed by atoms with Crippen LogP contribution in [0, 0.1) is 5.92 Å². The number of hydrogen-bond donors (Lipinski definition) is 1. The molecule has 1 atom stereocenters. The van der Waals surface area contributed by atoms with Crippen LogP contribution in [0.25, 0.3) is 9.40 Å². The van der Waals surface area contributed by atoms with Gasteiger partial charge in [-0.1, -0.05) is 38.1 Å². The number of nitrogens with one attached hydrogen (secondary N) is 1. The van der Waals surface area contributed by atoms with Gasteiger partial charge in [-0.25, -0.2) is 0 Å². The van der Waals surface area contributed by atoms with Crippen molar-refractivity contribution >= 4 is 32.1 Å². The molecule has 21 heavy (non-hydrogen) atoms. The summed E-state index contributed by atoms with van der Waals surface area (Å²) in [5, 5.41) is 5.63. The summed E-state index contributed by atoms with van der Waals surface area (Å²) in [5.41, 5.74) is 2.77. The van der Waals surface area contributed by atoms with Crippen LogP contribution < -0.4 is 5.32 Å². The Morgan fingerprint density at radius 2 is 1.81 bits per heavy atom. The average Bonchev–Trinajstić information content (AvgIpc) is 3.02. The Labute approximate surface area is 134 Å². The van der Waals surface area contributed by atoms with Gasteiger partial charge in [0.2, 0.25) is 0 Å². The van der Waals surface area contributed by atoms with Crippen molar-refractivity contribution in [3.8, 4) is 0 Å². The molecule has 0 aliphatic carbocycles. The van der Waals surface area contributed by atoms with E-state index >= 15 is 0 Å². The SMILES string of the molecule is CNC(c1ccc(CC(C)C)cc1)c1cc2sccc2s1. The number of benzene rings is 1. The van der Waals surface area contributed by atoms with E-state index in [2.05, 4.69) is 60.9 Å². The Kier molecular flexibility index (Phi) is 4.43.